The average Bonchev–Trinajstić information content (AvgIpc) is 2.72. The number of hydrogen-bond acceptors (Lipinski definition) is 4. The van der Waals surface area contributed by atoms with E-state index in [1.807, 2.05) is 42.5 Å². The van der Waals surface area contributed by atoms with Gasteiger partial charge in [-0.05, 0) is 35.9 Å². The molecule has 0 saturated heterocycles. The van der Waals surface area contributed by atoms with Crippen LogP contribution in [0.4, 0.5) is 5.69 Å². The summed E-state index contributed by atoms with van der Waals surface area (Å²) < 4.78 is 10.6. The molecule has 3 aromatic carbocycles. The van der Waals surface area contributed by atoms with Gasteiger partial charge in [0.15, 0.2) is 0 Å². The molecule has 0 aliphatic carbocycles. The quantitative estimate of drug-likeness (QED) is 0.570. The first kappa shape index (κ1) is 18.9. The number of hydrogen-bond donors (Lipinski definition) is 1. The van der Waals surface area contributed by atoms with E-state index >= 15 is 0 Å². The van der Waals surface area contributed by atoms with Crippen LogP contribution >= 0.6 is 11.8 Å². The fourth-order valence-corrected chi connectivity index (χ4v) is 3.58. The Morgan fingerprint density at radius 3 is 2.22 bits per heavy atom. The number of anilines is 1. The summed E-state index contributed by atoms with van der Waals surface area (Å²) in [5.74, 6) is 1.55. The summed E-state index contributed by atoms with van der Waals surface area (Å²) in [5, 5.41) is 2.93. The van der Waals surface area contributed by atoms with Gasteiger partial charge in [-0.1, -0.05) is 42.5 Å². The number of amides is 1. The van der Waals surface area contributed by atoms with Crippen molar-refractivity contribution in [3.63, 3.8) is 0 Å². The van der Waals surface area contributed by atoms with Gasteiger partial charge in [-0.3, -0.25) is 4.79 Å². The van der Waals surface area contributed by atoms with Crippen LogP contribution in [0.5, 0.6) is 11.5 Å². The van der Waals surface area contributed by atoms with Crippen molar-refractivity contribution < 1.29 is 14.3 Å². The van der Waals surface area contributed by atoms with Gasteiger partial charge in [0.25, 0.3) is 5.91 Å². The van der Waals surface area contributed by atoms with Crippen molar-refractivity contribution in [2.24, 2.45) is 0 Å². The van der Waals surface area contributed by atoms with Gasteiger partial charge in [-0.25, -0.2) is 0 Å². The molecule has 5 heteroatoms. The van der Waals surface area contributed by atoms with E-state index in [4.69, 9.17) is 9.47 Å². The lowest BCUT2D eigenvalue weighted by atomic mass is 10.1. The molecule has 0 bridgehead atoms. The highest BCUT2D eigenvalue weighted by molar-refractivity contribution is 7.98. The van der Waals surface area contributed by atoms with Crippen molar-refractivity contribution in [3.8, 4) is 11.5 Å². The molecular weight excluding hydrogens is 358 g/mol. The lowest BCUT2D eigenvalue weighted by molar-refractivity contribution is 0.102. The highest BCUT2D eigenvalue weighted by Crippen LogP contribution is 2.30. The maximum Gasteiger partial charge on any atom is 0.263 e. The smallest absolute Gasteiger partial charge is 0.263 e. The van der Waals surface area contributed by atoms with Crippen molar-refractivity contribution in [1.29, 1.82) is 0 Å². The number of benzene rings is 3. The molecule has 4 nitrogen and oxygen atoms in total. The van der Waals surface area contributed by atoms with Crippen LogP contribution in [0.15, 0.2) is 77.7 Å². The Balaban J connectivity index is 1.74. The van der Waals surface area contributed by atoms with E-state index < -0.39 is 0 Å². The molecule has 0 aromatic heterocycles. The zero-order valence-corrected chi connectivity index (χ0v) is 16.1. The van der Waals surface area contributed by atoms with Crippen LogP contribution in [-0.4, -0.2) is 20.1 Å². The predicted molar refractivity (Wildman–Crippen MR) is 110 cm³/mol. The first-order valence-corrected chi connectivity index (χ1v) is 9.49. The van der Waals surface area contributed by atoms with Crippen molar-refractivity contribution in [2.45, 2.75) is 10.6 Å². The van der Waals surface area contributed by atoms with Gasteiger partial charge >= 0.3 is 0 Å². The monoisotopic (exact) mass is 379 g/mol. The van der Waals surface area contributed by atoms with Crippen LogP contribution in [0.1, 0.15) is 15.9 Å². The second-order valence-corrected chi connectivity index (χ2v) is 6.84. The number of ether oxygens (including phenoxy) is 2. The molecule has 3 rings (SSSR count). The van der Waals surface area contributed by atoms with E-state index in [2.05, 4.69) is 17.4 Å². The number of nitrogens with one attached hydrogen (secondary N) is 1. The molecule has 0 radical (unpaired) electrons. The summed E-state index contributed by atoms with van der Waals surface area (Å²) in [7, 11) is 3.07. The van der Waals surface area contributed by atoms with Crippen LogP contribution in [0.2, 0.25) is 0 Å². The van der Waals surface area contributed by atoms with Gasteiger partial charge in [-0.15, -0.1) is 11.8 Å². The molecular formula is C22H21NO3S. The molecule has 0 unspecified atom stereocenters. The van der Waals surface area contributed by atoms with Crippen LogP contribution < -0.4 is 14.8 Å². The third-order valence-electron chi connectivity index (χ3n) is 4.00. The predicted octanol–water partition coefficient (Wildman–Crippen LogP) is 5.25. The average molecular weight is 379 g/mol. The molecule has 0 heterocycles. The number of carbonyl (C=O) groups excluding carboxylic acids is 1. The van der Waals surface area contributed by atoms with Gasteiger partial charge < -0.3 is 14.8 Å². The van der Waals surface area contributed by atoms with Crippen molar-refractivity contribution in [2.75, 3.05) is 19.5 Å². The van der Waals surface area contributed by atoms with E-state index in [1.54, 1.807) is 30.0 Å². The van der Waals surface area contributed by atoms with E-state index in [0.29, 0.717) is 17.1 Å². The first-order valence-electron chi connectivity index (χ1n) is 8.50. The third kappa shape index (κ3) is 4.83. The number of thioether (sulfide) groups is 1. The lowest BCUT2D eigenvalue weighted by Crippen LogP contribution is -2.14. The Labute approximate surface area is 163 Å². The maximum absolute atomic E-state index is 12.8. The first-order chi connectivity index (χ1) is 13.2. The molecule has 0 saturated carbocycles. The van der Waals surface area contributed by atoms with E-state index in [0.717, 1.165) is 16.3 Å². The normalized spacial score (nSPS) is 10.3. The molecule has 3 aromatic rings. The third-order valence-corrected chi connectivity index (χ3v) is 5.06. The fraction of sp³-hybridized carbons (Fsp3) is 0.136. The molecule has 0 aliphatic rings. The molecule has 0 fully saturated rings. The van der Waals surface area contributed by atoms with E-state index in [1.165, 1.54) is 19.8 Å². The largest absolute Gasteiger partial charge is 0.496 e. The SMILES string of the molecule is COc1cccc(OC)c1C(=O)Nc1cccc(SCc2ccccc2)c1. The zero-order chi connectivity index (χ0) is 19.1. The highest BCUT2D eigenvalue weighted by atomic mass is 32.2. The second kappa shape index (κ2) is 9.14. The van der Waals surface area contributed by atoms with Crippen molar-refractivity contribution in [3.05, 3.63) is 83.9 Å². The summed E-state index contributed by atoms with van der Waals surface area (Å²) in [4.78, 5) is 13.9. The second-order valence-electron chi connectivity index (χ2n) is 5.79. The minimum atomic E-state index is -0.269. The van der Waals surface area contributed by atoms with Crippen molar-refractivity contribution in [1.82, 2.24) is 0 Å². The summed E-state index contributed by atoms with van der Waals surface area (Å²) in [6.07, 6.45) is 0. The maximum atomic E-state index is 12.8. The molecule has 1 amide bonds. The summed E-state index contributed by atoms with van der Waals surface area (Å²) >= 11 is 1.73. The zero-order valence-electron chi connectivity index (χ0n) is 15.3. The Kier molecular flexibility index (Phi) is 6.39. The minimum Gasteiger partial charge on any atom is -0.496 e. The fourth-order valence-electron chi connectivity index (χ4n) is 2.67. The number of carbonyl (C=O) groups is 1. The Hall–Kier alpha value is -2.92. The standard InChI is InChI=1S/C22H21NO3S/c1-25-19-12-7-13-20(26-2)21(19)22(24)23-17-10-6-11-18(14-17)27-15-16-8-4-3-5-9-16/h3-14H,15H2,1-2H3,(H,23,24). The Bertz CT molecular complexity index is 890. The highest BCUT2D eigenvalue weighted by Gasteiger charge is 2.18. The minimum absolute atomic E-state index is 0.269. The molecule has 0 aliphatic heterocycles. The van der Waals surface area contributed by atoms with Crippen LogP contribution in [-0.2, 0) is 5.75 Å². The molecule has 1 N–H and O–H groups in total. The lowest BCUT2D eigenvalue weighted by Gasteiger charge is -2.13. The Morgan fingerprint density at radius 1 is 0.889 bits per heavy atom. The van der Waals surface area contributed by atoms with Gasteiger partial charge in [0.2, 0.25) is 0 Å². The number of rotatable bonds is 7. The number of methoxy groups -OCH3 is 2. The van der Waals surface area contributed by atoms with Crippen molar-refractivity contribution >= 4 is 23.4 Å². The van der Waals surface area contributed by atoms with Crippen LogP contribution in [0, 0.1) is 0 Å². The molecule has 0 atom stereocenters. The molecule has 0 spiro atoms. The summed E-state index contributed by atoms with van der Waals surface area (Å²) in [6, 6.07) is 23.4. The van der Waals surface area contributed by atoms with Gasteiger partial charge in [0.05, 0.1) is 14.2 Å². The van der Waals surface area contributed by atoms with Gasteiger partial charge in [0, 0.05) is 16.3 Å². The topological polar surface area (TPSA) is 47.6 Å². The summed E-state index contributed by atoms with van der Waals surface area (Å²) in [5.41, 5.74) is 2.37. The Morgan fingerprint density at radius 2 is 1.56 bits per heavy atom. The van der Waals surface area contributed by atoms with Gasteiger partial charge in [0.1, 0.15) is 17.1 Å². The molecule has 27 heavy (non-hydrogen) atoms. The van der Waals surface area contributed by atoms with E-state index in [-0.39, 0.29) is 5.91 Å². The van der Waals surface area contributed by atoms with Gasteiger partial charge in [-0.2, -0.15) is 0 Å². The van der Waals surface area contributed by atoms with E-state index in [9.17, 15) is 4.79 Å². The van der Waals surface area contributed by atoms with Crippen LogP contribution in [0.3, 0.4) is 0 Å². The van der Waals surface area contributed by atoms with Crippen LogP contribution in [0.25, 0.3) is 0 Å². The molecule has 138 valence electrons. The summed E-state index contributed by atoms with van der Waals surface area (Å²) in [6.45, 7) is 0.